The molecule has 9 aromatic rings. The zero-order valence-electron chi connectivity index (χ0n) is 36.7. The second kappa shape index (κ2) is 16.6. The molecule has 0 amide bonds. The molecule has 2 aliphatic heterocycles. The fourth-order valence-corrected chi connectivity index (χ4v) is 10.3. The maximum atomic E-state index is 10.1. The van der Waals surface area contributed by atoms with E-state index in [1.165, 1.54) is 0 Å². The summed E-state index contributed by atoms with van der Waals surface area (Å²) in [6.45, 7) is 4.17. The Kier molecular flexibility index (Phi) is 10.2. The zero-order valence-corrected chi connectivity index (χ0v) is 36.7. The Morgan fingerprint density at radius 1 is 0.409 bits per heavy atom. The highest BCUT2D eigenvalue weighted by atomic mass is 16.5. The van der Waals surface area contributed by atoms with Gasteiger partial charge >= 0.3 is 0 Å². The van der Waals surface area contributed by atoms with Gasteiger partial charge < -0.3 is 9.47 Å². The molecule has 0 spiro atoms. The van der Waals surface area contributed by atoms with E-state index in [1.54, 1.807) is 0 Å². The first-order valence-corrected chi connectivity index (χ1v) is 22.3. The van der Waals surface area contributed by atoms with Crippen molar-refractivity contribution in [1.82, 2.24) is 0 Å². The van der Waals surface area contributed by atoms with Gasteiger partial charge in [0, 0.05) is 28.5 Å². The molecular weight excluding hydrogens is 807 g/mol. The molecule has 0 bridgehead atoms. The van der Waals surface area contributed by atoms with Crippen LogP contribution in [0.25, 0.3) is 0 Å². The largest absolute Gasteiger partial charge is 0.456 e. The topological polar surface area (TPSA) is 67.0 Å². The second-order valence-electron chi connectivity index (χ2n) is 16.9. The van der Waals surface area contributed by atoms with E-state index in [4.69, 9.17) is 19.5 Å². The van der Waals surface area contributed by atoms with Crippen LogP contribution < -0.4 is 9.47 Å². The molecule has 11 rings (SSSR count). The number of amidine groups is 2. The van der Waals surface area contributed by atoms with E-state index in [0.29, 0.717) is 28.5 Å². The van der Waals surface area contributed by atoms with Crippen molar-refractivity contribution in [2.24, 2.45) is 9.98 Å². The summed E-state index contributed by atoms with van der Waals surface area (Å²) < 4.78 is 14.0. The standard InChI is InChI=1S/C61H45N3O2/c1-41-22-19-23-42(2)49(41)40-63-59(48-33-21-37-53-57(48)66-55-39-18-16-35-51(55)61(53,45-28-11-5-12-29-45)46-30-13-6-14-31-46)64-58(62)47-32-20-36-52-56(47)65-54-38-17-15-34-50(54)60(52,43-24-7-3-8-25-43)44-26-9-4-10-27-44/h3-40,62H,1-2H3. The van der Waals surface area contributed by atoms with Crippen molar-refractivity contribution in [2.45, 2.75) is 24.7 Å². The number of ether oxygens (including phenoxy) is 2. The van der Waals surface area contributed by atoms with Crippen molar-refractivity contribution in [2.75, 3.05) is 0 Å². The predicted octanol–water partition coefficient (Wildman–Crippen LogP) is 14.2. The number of hydrogen-bond acceptors (Lipinski definition) is 3. The average Bonchev–Trinajstić information content (AvgIpc) is 3.37. The minimum atomic E-state index is -0.756. The molecule has 316 valence electrons. The molecule has 0 aliphatic carbocycles. The van der Waals surface area contributed by atoms with Crippen LogP contribution in [0.1, 0.15) is 72.3 Å². The summed E-state index contributed by atoms with van der Waals surface area (Å²) in [4.78, 5) is 10.5. The third kappa shape index (κ3) is 6.42. The Morgan fingerprint density at radius 3 is 1.23 bits per heavy atom. The molecule has 0 fully saturated rings. The van der Waals surface area contributed by atoms with Gasteiger partial charge in [0.25, 0.3) is 0 Å². The van der Waals surface area contributed by atoms with Crippen molar-refractivity contribution in [1.29, 1.82) is 5.41 Å². The molecule has 0 radical (unpaired) electrons. The molecule has 0 saturated carbocycles. The van der Waals surface area contributed by atoms with Crippen molar-refractivity contribution in [3.05, 3.63) is 297 Å². The number of benzene rings is 9. The molecule has 0 aromatic heterocycles. The van der Waals surface area contributed by atoms with E-state index >= 15 is 0 Å². The van der Waals surface area contributed by atoms with Crippen LogP contribution in [0, 0.1) is 19.3 Å². The van der Waals surface area contributed by atoms with Crippen molar-refractivity contribution in [3.8, 4) is 23.0 Å². The summed E-state index contributed by atoms with van der Waals surface area (Å²) in [7, 11) is 0. The summed E-state index contributed by atoms with van der Waals surface area (Å²) in [6, 6.07) is 77.4. The summed E-state index contributed by atoms with van der Waals surface area (Å²) >= 11 is 0. The van der Waals surface area contributed by atoms with E-state index in [0.717, 1.165) is 72.7 Å². The minimum Gasteiger partial charge on any atom is -0.456 e. The first-order chi connectivity index (χ1) is 32.5. The lowest BCUT2D eigenvalue weighted by atomic mass is 9.63. The zero-order chi connectivity index (χ0) is 44.7. The molecule has 2 aliphatic rings. The Balaban J connectivity index is 1.16. The number of nitrogens with one attached hydrogen (secondary N) is 1. The number of nitrogens with zero attached hydrogens (tertiary/aromatic N) is 2. The van der Waals surface area contributed by atoms with Gasteiger partial charge in [0.2, 0.25) is 0 Å². The van der Waals surface area contributed by atoms with Crippen LogP contribution in [-0.4, -0.2) is 17.9 Å². The van der Waals surface area contributed by atoms with Gasteiger partial charge in [-0.05, 0) is 77.1 Å². The first-order valence-electron chi connectivity index (χ1n) is 22.3. The van der Waals surface area contributed by atoms with E-state index in [1.807, 2.05) is 60.8 Å². The van der Waals surface area contributed by atoms with Gasteiger partial charge in [-0.2, -0.15) is 0 Å². The van der Waals surface area contributed by atoms with Gasteiger partial charge in [0.15, 0.2) is 11.7 Å². The maximum absolute atomic E-state index is 10.1. The monoisotopic (exact) mass is 851 g/mol. The Hall–Kier alpha value is -8.41. The van der Waals surface area contributed by atoms with Crippen molar-refractivity contribution in [3.63, 3.8) is 0 Å². The van der Waals surface area contributed by atoms with E-state index < -0.39 is 10.8 Å². The van der Waals surface area contributed by atoms with Gasteiger partial charge in [-0.1, -0.05) is 200 Å². The van der Waals surface area contributed by atoms with Crippen LogP contribution in [0.4, 0.5) is 0 Å². The fraction of sp³-hybridized carbons (Fsp3) is 0.0656. The third-order valence-corrected chi connectivity index (χ3v) is 13.2. The Morgan fingerprint density at radius 2 is 0.773 bits per heavy atom. The number of hydrogen-bond donors (Lipinski definition) is 1. The van der Waals surface area contributed by atoms with Crippen LogP contribution in [0.2, 0.25) is 0 Å². The molecule has 0 unspecified atom stereocenters. The first kappa shape index (κ1) is 40.4. The average molecular weight is 852 g/mol. The number of fused-ring (bicyclic) bond motifs is 4. The fourth-order valence-electron chi connectivity index (χ4n) is 10.3. The number of rotatable bonds is 7. The Bertz CT molecular complexity index is 3240. The van der Waals surface area contributed by atoms with Crippen LogP contribution in [-0.2, 0) is 10.8 Å². The normalized spacial score (nSPS) is 14.2. The second-order valence-corrected chi connectivity index (χ2v) is 16.9. The number of para-hydroxylation sites is 4. The molecule has 66 heavy (non-hydrogen) atoms. The van der Waals surface area contributed by atoms with E-state index in [-0.39, 0.29) is 5.84 Å². The van der Waals surface area contributed by atoms with E-state index in [2.05, 4.69) is 184 Å². The quantitative estimate of drug-likeness (QED) is 0.128. The maximum Gasteiger partial charge on any atom is 0.165 e. The smallest absolute Gasteiger partial charge is 0.165 e. The summed E-state index contributed by atoms with van der Waals surface area (Å²) in [5.74, 6) is 2.99. The lowest BCUT2D eigenvalue weighted by Gasteiger charge is -2.42. The highest BCUT2D eigenvalue weighted by Gasteiger charge is 2.48. The third-order valence-electron chi connectivity index (χ3n) is 13.2. The van der Waals surface area contributed by atoms with Gasteiger partial charge in [-0.15, -0.1) is 0 Å². The summed E-state index contributed by atoms with van der Waals surface area (Å²) in [6.07, 6.45) is 1.87. The van der Waals surface area contributed by atoms with Gasteiger partial charge in [-0.3, -0.25) is 5.41 Å². The van der Waals surface area contributed by atoms with Crippen molar-refractivity contribution < 1.29 is 9.47 Å². The molecule has 0 saturated heterocycles. The SMILES string of the molecule is Cc1cccc(C)c1C=NC(=NC(=N)c1cccc2c1Oc1ccccc1C2(c1ccccc1)c1ccccc1)c1cccc2c1Oc1ccccc1C2(c1ccccc1)c1ccccc1. The number of aryl methyl sites for hydroxylation is 2. The summed E-state index contributed by atoms with van der Waals surface area (Å²) in [5, 5.41) is 10.1. The highest BCUT2D eigenvalue weighted by Crippen LogP contribution is 2.58. The molecule has 0 atom stereocenters. The van der Waals surface area contributed by atoms with Crippen LogP contribution in [0.15, 0.2) is 234 Å². The van der Waals surface area contributed by atoms with E-state index in [9.17, 15) is 5.41 Å². The molecule has 5 nitrogen and oxygen atoms in total. The molecule has 5 heteroatoms. The molecule has 1 N–H and O–H groups in total. The van der Waals surface area contributed by atoms with Crippen LogP contribution in [0.5, 0.6) is 23.0 Å². The van der Waals surface area contributed by atoms with Crippen molar-refractivity contribution >= 4 is 17.9 Å². The Labute approximate surface area is 385 Å². The van der Waals surface area contributed by atoms with Gasteiger partial charge in [-0.25, -0.2) is 9.98 Å². The molecule has 9 aromatic carbocycles. The minimum absolute atomic E-state index is 0.00102. The van der Waals surface area contributed by atoms with Crippen LogP contribution in [0.3, 0.4) is 0 Å². The highest BCUT2D eigenvalue weighted by molar-refractivity contribution is 6.15. The summed E-state index contributed by atoms with van der Waals surface area (Å²) in [5.41, 5.74) is 11.2. The lowest BCUT2D eigenvalue weighted by molar-refractivity contribution is 0.433. The number of aliphatic imine (C=N–C) groups is 2. The lowest BCUT2D eigenvalue weighted by Crippen LogP contribution is -2.34. The molecular formula is C61H45N3O2. The molecule has 2 heterocycles. The van der Waals surface area contributed by atoms with Gasteiger partial charge in [0.05, 0.1) is 22.0 Å². The predicted molar refractivity (Wildman–Crippen MR) is 267 cm³/mol. The van der Waals surface area contributed by atoms with Crippen LogP contribution >= 0.6 is 0 Å². The van der Waals surface area contributed by atoms with Gasteiger partial charge in [0.1, 0.15) is 23.0 Å².